The number of nitrogens with zero attached hydrogens (tertiary/aromatic N) is 1. The number of hydrogen-bond acceptors (Lipinski definition) is 7. The van der Waals surface area contributed by atoms with Gasteiger partial charge in [-0.2, -0.15) is 0 Å². The molecule has 0 spiro atoms. The van der Waals surface area contributed by atoms with E-state index >= 15 is 0 Å². The van der Waals surface area contributed by atoms with E-state index in [1.807, 2.05) is 75.4 Å². The van der Waals surface area contributed by atoms with Crippen LogP contribution in [0.25, 0.3) is 0 Å². The van der Waals surface area contributed by atoms with Crippen molar-refractivity contribution in [3.8, 4) is 5.75 Å². The fraction of sp³-hybridized carbons (Fsp3) is 0.484. The zero-order chi connectivity index (χ0) is 28.8. The quantitative estimate of drug-likeness (QED) is 0.290. The summed E-state index contributed by atoms with van der Waals surface area (Å²) in [6, 6.07) is 16.7. The second-order valence-corrected chi connectivity index (χ2v) is 11.7. The number of amides is 1. The summed E-state index contributed by atoms with van der Waals surface area (Å²) in [5.41, 5.74) is -1.38. The van der Waals surface area contributed by atoms with Crippen LogP contribution in [0.5, 0.6) is 5.75 Å². The lowest BCUT2D eigenvalue weighted by Gasteiger charge is -2.43. The summed E-state index contributed by atoms with van der Waals surface area (Å²) in [6.07, 6.45) is -0.943. The first-order valence-electron chi connectivity index (χ1n) is 13.0. The normalized spacial score (nSPS) is 20.3. The van der Waals surface area contributed by atoms with Gasteiger partial charge in [-0.15, -0.1) is 6.58 Å². The molecule has 1 aliphatic heterocycles. The zero-order valence-corrected chi connectivity index (χ0v) is 24.1. The van der Waals surface area contributed by atoms with Crippen LogP contribution in [-0.2, 0) is 37.0 Å². The molecule has 0 aromatic heterocycles. The monoisotopic (exact) mass is 539 g/mol. The lowest BCUT2D eigenvalue weighted by Crippen LogP contribution is -2.66. The minimum atomic E-state index is -1.68. The van der Waals surface area contributed by atoms with Gasteiger partial charge in [0.15, 0.2) is 5.54 Å². The van der Waals surface area contributed by atoms with Crippen molar-refractivity contribution in [1.82, 2.24) is 4.90 Å². The van der Waals surface area contributed by atoms with Crippen LogP contribution in [0.3, 0.4) is 0 Å². The summed E-state index contributed by atoms with van der Waals surface area (Å²) in [6.45, 7) is 15.1. The number of carbonyl (C=O) groups excluding carboxylic acids is 2. The van der Waals surface area contributed by atoms with E-state index in [1.54, 1.807) is 27.9 Å². The molecule has 2 aromatic rings. The molecule has 39 heavy (non-hydrogen) atoms. The van der Waals surface area contributed by atoms with Crippen LogP contribution in [0.4, 0.5) is 4.79 Å². The molecule has 1 aliphatic rings. The van der Waals surface area contributed by atoms with E-state index < -0.39 is 40.9 Å². The lowest BCUT2D eigenvalue weighted by molar-refractivity contribution is -0.167. The van der Waals surface area contributed by atoms with Crippen molar-refractivity contribution in [2.24, 2.45) is 5.41 Å². The Morgan fingerprint density at radius 3 is 2.18 bits per heavy atom. The Kier molecular flexibility index (Phi) is 9.46. The first kappa shape index (κ1) is 30.2. The second-order valence-electron chi connectivity index (χ2n) is 11.7. The minimum Gasteiger partial charge on any atom is -0.497 e. The van der Waals surface area contributed by atoms with E-state index in [1.165, 1.54) is 11.0 Å². The molecule has 8 heteroatoms. The van der Waals surface area contributed by atoms with Gasteiger partial charge < -0.3 is 23.7 Å². The molecule has 1 fully saturated rings. The van der Waals surface area contributed by atoms with Crippen molar-refractivity contribution in [2.75, 3.05) is 13.7 Å². The van der Waals surface area contributed by atoms with E-state index in [-0.39, 0.29) is 19.8 Å². The molecular weight excluding hydrogens is 498 g/mol. The van der Waals surface area contributed by atoms with Gasteiger partial charge >= 0.3 is 12.1 Å². The summed E-state index contributed by atoms with van der Waals surface area (Å²) in [5, 5.41) is 0. The van der Waals surface area contributed by atoms with Gasteiger partial charge in [-0.05, 0) is 44.0 Å². The van der Waals surface area contributed by atoms with E-state index in [4.69, 9.17) is 23.7 Å². The molecule has 1 saturated heterocycles. The highest BCUT2D eigenvalue weighted by Gasteiger charge is 2.63. The highest BCUT2D eigenvalue weighted by Crippen LogP contribution is 2.42. The van der Waals surface area contributed by atoms with Crippen molar-refractivity contribution < 1.29 is 33.3 Å². The Balaban J connectivity index is 2.03. The third-order valence-electron chi connectivity index (χ3n) is 6.30. The average Bonchev–Trinajstić information content (AvgIpc) is 3.30. The summed E-state index contributed by atoms with van der Waals surface area (Å²) in [5.74, 6) is 0.0527. The molecule has 0 N–H and O–H groups in total. The largest absolute Gasteiger partial charge is 0.497 e. The fourth-order valence-electron chi connectivity index (χ4n) is 4.42. The first-order valence-corrected chi connectivity index (χ1v) is 13.0. The Bertz CT molecular complexity index is 1120. The number of methoxy groups -OCH3 is 1. The van der Waals surface area contributed by atoms with Crippen LogP contribution >= 0.6 is 0 Å². The second kappa shape index (κ2) is 12.2. The van der Waals surface area contributed by atoms with Gasteiger partial charge in [-0.3, -0.25) is 4.90 Å². The molecule has 1 amide bonds. The number of carbonyl (C=O) groups is 2. The predicted molar refractivity (Wildman–Crippen MR) is 148 cm³/mol. The highest BCUT2D eigenvalue weighted by atomic mass is 16.6. The Morgan fingerprint density at radius 2 is 1.64 bits per heavy atom. The van der Waals surface area contributed by atoms with E-state index in [9.17, 15) is 9.59 Å². The fourth-order valence-corrected chi connectivity index (χ4v) is 4.42. The van der Waals surface area contributed by atoms with Crippen molar-refractivity contribution in [3.05, 3.63) is 78.4 Å². The van der Waals surface area contributed by atoms with Crippen LogP contribution in [0, 0.1) is 5.41 Å². The number of benzene rings is 2. The molecule has 8 nitrogen and oxygen atoms in total. The minimum absolute atomic E-state index is 0.0199. The van der Waals surface area contributed by atoms with Gasteiger partial charge in [0.2, 0.25) is 0 Å². The number of ether oxygens (including phenoxy) is 5. The van der Waals surface area contributed by atoms with E-state index in [2.05, 4.69) is 6.58 Å². The van der Waals surface area contributed by atoms with Crippen LogP contribution in [-0.4, -0.2) is 54.2 Å². The molecule has 0 unspecified atom stereocenters. The van der Waals surface area contributed by atoms with Crippen molar-refractivity contribution >= 4 is 12.1 Å². The molecular formula is C31H41NO7. The van der Waals surface area contributed by atoms with Crippen molar-refractivity contribution in [2.45, 2.75) is 78.2 Å². The van der Waals surface area contributed by atoms with Gasteiger partial charge in [0.1, 0.15) is 30.3 Å². The summed E-state index contributed by atoms with van der Waals surface area (Å²) >= 11 is 0. The maximum atomic E-state index is 14.1. The summed E-state index contributed by atoms with van der Waals surface area (Å²) in [7, 11) is 1.60. The first-order chi connectivity index (χ1) is 18.3. The molecule has 3 atom stereocenters. The van der Waals surface area contributed by atoms with Gasteiger partial charge in [0.05, 0.1) is 20.3 Å². The average molecular weight is 540 g/mol. The summed E-state index contributed by atoms with van der Waals surface area (Å²) < 4.78 is 29.4. The Labute approximate surface area is 231 Å². The topological polar surface area (TPSA) is 83.5 Å². The summed E-state index contributed by atoms with van der Waals surface area (Å²) in [4.78, 5) is 29.2. The molecule has 3 rings (SSSR count). The van der Waals surface area contributed by atoms with Crippen LogP contribution in [0.1, 0.15) is 52.7 Å². The SMILES string of the molecule is C=C[C@H](OCc1ccc(OC)cc1)[C@@]1(C(=O)OCc2ccccc2)CO[C@H](C(C)(C)C)N1C(=O)OC(C)(C)C. The van der Waals surface area contributed by atoms with E-state index in [0.717, 1.165) is 11.1 Å². The smallest absolute Gasteiger partial charge is 0.413 e. The zero-order valence-electron chi connectivity index (χ0n) is 24.1. The number of hydrogen-bond donors (Lipinski definition) is 0. The third kappa shape index (κ3) is 7.19. The maximum Gasteiger partial charge on any atom is 0.413 e. The van der Waals surface area contributed by atoms with Gasteiger partial charge in [0.25, 0.3) is 0 Å². The third-order valence-corrected chi connectivity index (χ3v) is 6.30. The Morgan fingerprint density at radius 1 is 1.03 bits per heavy atom. The van der Waals surface area contributed by atoms with Gasteiger partial charge in [-0.1, -0.05) is 69.3 Å². The Hall–Kier alpha value is -3.36. The maximum absolute atomic E-state index is 14.1. The standard InChI is InChI=1S/C31H41NO7/c1-9-25(36-19-23-15-17-24(35-8)18-16-23)31(27(33)37-20-22-13-11-10-12-14-22)21-38-26(29(2,3)4)32(31)28(34)39-30(5,6)7/h9-18,25-26H,1,19-21H2,2-8H3/t25-,26+,31+/m0/s1. The van der Waals surface area contributed by atoms with Crippen LogP contribution < -0.4 is 4.74 Å². The molecule has 1 heterocycles. The molecule has 0 radical (unpaired) electrons. The van der Waals surface area contributed by atoms with Crippen LogP contribution in [0.2, 0.25) is 0 Å². The lowest BCUT2D eigenvalue weighted by atomic mass is 9.87. The van der Waals surface area contributed by atoms with Gasteiger partial charge in [0, 0.05) is 5.41 Å². The highest BCUT2D eigenvalue weighted by molar-refractivity contribution is 5.88. The predicted octanol–water partition coefficient (Wildman–Crippen LogP) is 5.89. The molecule has 212 valence electrons. The molecule has 0 aliphatic carbocycles. The molecule has 2 aromatic carbocycles. The van der Waals surface area contributed by atoms with E-state index in [0.29, 0.717) is 5.75 Å². The number of rotatable bonds is 9. The van der Waals surface area contributed by atoms with Crippen molar-refractivity contribution in [1.29, 1.82) is 0 Å². The molecule has 0 bridgehead atoms. The van der Waals surface area contributed by atoms with Crippen molar-refractivity contribution in [3.63, 3.8) is 0 Å². The van der Waals surface area contributed by atoms with Gasteiger partial charge in [-0.25, -0.2) is 9.59 Å². The molecule has 0 saturated carbocycles. The van der Waals surface area contributed by atoms with Crippen LogP contribution in [0.15, 0.2) is 67.3 Å². The number of esters is 1.